The Bertz CT molecular complexity index is 889. The molecule has 4 rings (SSSR count). The zero-order chi connectivity index (χ0) is 22.9. The molecule has 1 aromatic carbocycles. The summed E-state index contributed by atoms with van der Waals surface area (Å²) in [6.07, 6.45) is 9.73. The molecule has 2 fully saturated rings. The molecule has 1 aliphatic heterocycles. The van der Waals surface area contributed by atoms with Gasteiger partial charge in [-0.15, -0.1) is 10.2 Å². The summed E-state index contributed by atoms with van der Waals surface area (Å²) >= 11 is 1.75. The van der Waals surface area contributed by atoms with Crippen LogP contribution in [0.2, 0.25) is 0 Å². The van der Waals surface area contributed by atoms with E-state index >= 15 is 0 Å². The van der Waals surface area contributed by atoms with Gasteiger partial charge in [-0.1, -0.05) is 55.2 Å². The molecule has 1 N–H and O–H groups in total. The summed E-state index contributed by atoms with van der Waals surface area (Å²) in [5, 5.41) is 14.1. The van der Waals surface area contributed by atoms with E-state index in [9.17, 15) is 9.59 Å². The molecule has 2 heterocycles. The van der Waals surface area contributed by atoms with Crippen LogP contribution in [0.3, 0.4) is 0 Å². The minimum absolute atomic E-state index is 0.0363. The Labute approximate surface area is 200 Å². The van der Waals surface area contributed by atoms with E-state index in [4.69, 9.17) is 0 Å². The monoisotopic (exact) mass is 469 g/mol. The number of hydrogen-bond donors (Lipinski definition) is 1. The predicted molar refractivity (Wildman–Crippen MR) is 132 cm³/mol. The van der Waals surface area contributed by atoms with E-state index in [1.807, 2.05) is 35.2 Å². The average molecular weight is 470 g/mol. The predicted octanol–water partition coefficient (Wildman–Crippen LogP) is 4.22. The van der Waals surface area contributed by atoms with Gasteiger partial charge in [-0.2, -0.15) is 0 Å². The van der Waals surface area contributed by atoms with Crippen molar-refractivity contribution in [2.75, 3.05) is 37.6 Å². The van der Waals surface area contributed by atoms with Gasteiger partial charge in [-0.25, -0.2) is 0 Å². The van der Waals surface area contributed by atoms with Gasteiger partial charge in [-0.3, -0.25) is 9.59 Å². The third-order valence-electron chi connectivity index (χ3n) is 6.68. The van der Waals surface area contributed by atoms with Crippen LogP contribution in [-0.2, 0) is 4.79 Å². The highest BCUT2D eigenvalue weighted by molar-refractivity contribution is 7.15. The van der Waals surface area contributed by atoms with Crippen LogP contribution in [0.1, 0.15) is 79.1 Å². The number of hydrogen-bond acceptors (Lipinski definition) is 6. The summed E-state index contributed by atoms with van der Waals surface area (Å²) in [6, 6.07) is 9.26. The minimum Gasteiger partial charge on any atom is -0.352 e. The molecule has 0 unspecified atom stereocenters. The van der Waals surface area contributed by atoms with Crippen LogP contribution < -0.4 is 10.2 Å². The third kappa shape index (κ3) is 6.76. The Morgan fingerprint density at radius 1 is 0.939 bits per heavy atom. The summed E-state index contributed by atoms with van der Waals surface area (Å²) in [7, 11) is 0. The van der Waals surface area contributed by atoms with Crippen molar-refractivity contribution >= 4 is 28.3 Å². The molecule has 2 aliphatic rings. The lowest BCUT2D eigenvalue weighted by Crippen LogP contribution is -2.48. The molecule has 1 aliphatic carbocycles. The molecule has 0 spiro atoms. The molecule has 0 bridgehead atoms. The van der Waals surface area contributed by atoms with Crippen LogP contribution in [0.4, 0.5) is 5.13 Å². The first-order valence-corrected chi connectivity index (χ1v) is 13.2. The average Bonchev–Trinajstić information content (AvgIpc) is 3.37. The fourth-order valence-corrected chi connectivity index (χ4v) is 5.71. The Morgan fingerprint density at radius 3 is 2.45 bits per heavy atom. The number of nitrogens with zero attached hydrogens (tertiary/aromatic N) is 4. The largest absolute Gasteiger partial charge is 0.352 e. The van der Waals surface area contributed by atoms with E-state index < -0.39 is 0 Å². The quantitative estimate of drug-likeness (QED) is 0.556. The van der Waals surface area contributed by atoms with E-state index in [1.54, 1.807) is 11.3 Å². The summed E-state index contributed by atoms with van der Waals surface area (Å²) in [5.74, 6) is 0.800. The molecule has 33 heavy (non-hydrogen) atoms. The van der Waals surface area contributed by atoms with E-state index in [0.29, 0.717) is 24.4 Å². The summed E-state index contributed by atoms with van der Waals surface area (Å²) in [6.45, 7) is 3.81. The van der Waals surface area contributed by atoms with Crippen LogP contribution in [0.15, 0.2) is 30.3 Å². The van der Waals surface area contributed by atoms with Crippen molar-refractivity contribution in [3.63, 3.8) is 0 Å². The van der Waals surface area contributed by atoms with Gasteiger partial charge >= 0.3 is 0 Å². The minimum atomic E-state index is -0.0363. The molecular formula is C25H35N5O2S. The molecule has 7 nitrogen and oxygen atoms in total. The zero-order valence-electron chi connectivity index (χ0n) is 19.4. The summed E-state index contributed by atoms with van der Waals surface area (Å²) in [4.78, 5) is 28.9. The van der Waals surface area contributed by atoms with Crippen molar-refractivity contribution in [3.05, 3.63) is 40.9 Å². The van der Waals surface area contributed by atoms with Crippen molar-refractivity contribution in [2.45, 2.75) is 63.7 Å². The fraction of sp³-hybridized carbons (Fsp3) is 0.600. The van der Waals surface area contributed by atoms with Crippen molar-refractivity contribution in [2.24, 2.45) is 0 Å². The van der Waals surface area contributed by atoms with Crippen LogP contribution >= 0.6 is 11.3 Å². The van der Waals surface area contributed by atoms with E-state index in [0.717, 1.165) is 50.6 Å². The van der Waals surface area contributed by atoms with Gasteiger partial charge in [0.05, 0.1) is 0 Å². The molecule has 1 aromatic heterocycles. The summed E-state index contributed by atoms with van der Waals surface area (Å²) < 4.78 is 0. The summed E-state index contributed by atoms with van der Waals surface area (Å²) in [5.41, 5.74) is 0.686. The van der Waals surface area contributed by atoms with Gasteiger partial charge in [-0.05, 0) is 37.8 Å². The standard InChI is InChI=1S/C25H35N5O2S/c31-22(14-8-3-9-15-26-23(32)20-10-4-1-5-11-20)29-16-18-30(19-17-29)25-28-27-24(33-25)21-12-6-2-7-13-21/h1,4-5,10-11,21H,2-3,6-9,12-19H2,(H,26,32). The zero-order valence-corrected chi connectivity index (χ0v) is 20.2. The first-order chi connectivity index (χ1) is 16.2. The van der Waals surface area contributed by atoms with Crippen LogP contribution in [0.25, 0.3) is 0 Å². The number of benzene rings is 1. The van der Waals surface area contributed by atoms with Crippen LogP contribution in [0.5, 0.6) is 0 Å². The first-order valence-electron chi connectivity index (χ1n) is 12.4. The number of carbonyl (C=O) groups is 2. The number of nitrogens with one attached hydrogen (secondary N) is 1. The van der Waals surface area contributed by atoms with Gasteiger partial charge in [0.25, 0.3) is 5.91 Å². The number of unbranched alkanes of at least 4 members (excludes halogenated alkanes) is 2. The molecule has 2 amide bonds. The second kappa shape index (κ2) is 12.1. The number of aromatic nitrogens is 2. The number of piperazine rings is 1. The highest BCUT2D eigenvalue weighted by Gasteiger charge is 2.25. The van der Waals surface area contributed by atoms with Gasteiger partial charge in [0, 0.05) is 50.6 Å². The Balaban J connectivity index is 1.10. The smallest absolute Gasteiger partial charge is 0.251 e. The van der Waals surface area contributed by atoms with Crippen molar-refractivity contribution < 1.29 is 9.59 Å². The van der Waals surface area contributed by atoms with Crippen molar-refractivity contribution in [1.82, 2.24) is 20.4 Å². The number of rotatable bonds is 9. The SMILES string of the molecule is O=C(NCCCCCC(=O)N1CCN(c2nnc(C3CCCCC3)s2)CC1)c1ccccc1. The number of carbonyl (C=O) groups excluding carboxylic acids is 2. The molecule has 2 aromatic rings. The van der Waals surface area contributed by atoms with E-state index in [2.05, 4.69) is 20.4 Å². The lowest BCUT2D eigenvalue weighted by atomic mass is 9.90. The topological polar surface area (TPSA) is 78.4 Å². The lowest BCUT2D eigenvalue weighted by molar-refractivity contribution is -0.131. The number of amides is 2. The van der Waals surface area contributed by atoms with E-state index in [-0.39, 0.29) is 11.8 Å². The van der Waals surface area contributed by atoms with Crippen LogP contribution in [-0.4, -0.2) is 59.6 Å². The molecule has 0 atom stereocenters. The number of anilines is 1. The Hall–Kier alpha value is -2.48. The molecule has 8 heteroatoms. The van der Waals surface area contributed by atoms with Gasteiger partial charge in [0.15, 0.2) is 0 Å². The Morgan fingerprint density at radius 2 is 1.70 bits per heavy atom. The van der Waals surface area contributed by atoms with Gasteiger partial charge < -0.3 is 15.1 Å². The van der Waals surface area contributed by atoms with Gasteiger partial charge in [0.2, 0.25) is 11.0 Å². The maximum Gasteiger partial charge on any atom is 0.251 e. The second-order valence-corrected chi connectivity index (χ2v) is 10.0. The molecule has 1 saturated heterocycles. The van der Waals surface area contributed by atoms with E-state index in [1.165, 1.54) is 37.1 Å². The molecule has 1 saturated carbocycles. The van der Waals surface area contributed by atoms with Gasteiger partial charge in [0.1, 0.15) is 5.01 Å². The lowest BCUT2D eigenvalue weighted by Gasteiger charge is -2.34. The van der Waals surface area contributed by atoms with Crippen LogP contribution in [0, 0.1) is 0 Å². The van der Waals surface area contributed by atoms with Crippen molar-refractivity contribution in [1.29, 1.82) is 0 Å². The van der Waals surface area contributed by atoms with Crippen molar-refractivity contribution in [3.8, 4) is 0 Å². The maximum absolute atomic E-state index is 12.6. The highest BCUT2D eigenvalue weighted by atomic mass is 32.1. The maximum atomic E-state index is 12.6. The molecule has 178 valence electrons. The highest BCUT2D eigenvalue weighted by Crippen LogP contribution is 2.36. The molecule has 0 radical (unpaired) electrons. The third-order valence-corrected chi connectivity index (χ3v) is 7.82. The first kappa shape index (κ1) is 23.7. The second-order valence-electron chi connectivity index (χ2n) is 9.06. The Kier molecular flexibility index (Phi) is 8.69. The molecular weight excluding hydrogens is 434 g/mol. The fourth-order valence-electron chi connectivity index (χ4n) is 4.65. The normalized spacial score (nSPS) is 17.2.